The van der Waals surface area contributed by atoms with Crippen molar-refractivity contribution in [3.63, 3.8) is 0 Å². The van der Waals surface area contributed by atoms with Crippen LogP contribution in [0.3, 0.4) is 0 Å². The molecule has 0 saturated carbocycles. The number of nitrogens with zero attached hydrogens (tertiary/aromatic N) is 2. The molecular formula is C12H23N3O. The monoisotopic (exact) mass is 225 g/mol. The molecule has 0 aliphatic rings. The van der Waals surface area contributed by atoms with Crippen LogP contribution >= 0.6 is 0 Å². The minimum absolute atomic E-state index is 0.102. The molecule has 4 heteroatoms. The van der Waals surface area contributed by atoms with Gasteiger partial charge in [-0.15, -0.1) is 0 Å². The Morgan fingerprint density at radius 3 is 2.75 bits per heavy atom. The smallest absolute Gasteiger partial charge is 0.203 e. The summed E-state index contributed by atoms with van der Waals surface area (Å²) in [6, 6.07) is 0. The normalized spacial score (nSPS) is 12.1. The van der Waals surface area contributed by atoms with Crippen LogP contribution < -0.4 is 5.32 Å². The second-order valence-corrected chi connectivity index (χ2v) is 5.24. The fourth-order valence-electron chi connectivity index (χ4n) is 1.67. The third-order valence-electron chi connectivity index (χ3n) is 2.23. The van der Waals surface area contributed by atoms with Gasteiger partial charge in [-0.3, -0.25) is 0 Å². The van der Waals surface area contributed by atoms with E-state index in [1.54, 1.807) is 7.11 Å². The van der Waals surface area contributed by atoms with Crippen molar-refractivity contribution in [3.8, 4) is 0 Å². The average Bonchev–Trinajstić information content (AvgIpc) is 2.50. The Labute approximate surface area is 98.0 Å². The van der Waals surface area contributed by atoms with Crippen LogP contribution in [0.25, 0.3) is 0 Å². The van der Waals surface area contributed by atoms with Gasteiger partial charge >= 0.3 is 0 Å². The largest absolute Gasteiger partial charge is 0.382 e. The Morgan fingerprint density at radius 2 is 2.19 bits per heavy atom. The highest BCUT2D eigenvalue weighted by molar-refractivity contribution is 5.30. The molecule has 0 fully saturated rings. The molecule has 1 N–H and O–H groups in total. The van der Waals surface area contributed by atoms with Crippen molar-refractivity contribution in [2.45, 2.75) is 39.8 Å². The standard InChI is InChI=1S/C12H23N3O/c1-10(2)8-15-7-6-13-11(15)14-12(3,4)9-16-5/h6-7,10H,8-9H2,1-5H3,(H,13,14). The van der Waals surface area contributed by atoms with Gasteiger partial charge in [0.25, 0.3) is 0 Å². The maximum atomic E-state index is 5.18. The van der Waals surface area contributed by atoms with Crippen molar-refractivity contribution < 1.29 is 4.74 Å². The summed E-state index contributed by atoms with van der Waals surface area (Å²) < 4.78 is 7.32. The van der Waals surface area contributed by atoms with Crippen LogP contribution in [0, 0.1) is 5.92 Å². The van der Waals surface area contributed by atoms with Gasteiger partial charge in [0.2, 0.25) is 5.95 Å². The van der Waals surface area contributed by atoms with E-state index in [1.165, 1.54) is 0 Å². The Morgan fingerprint density at radius 1 is 1.50 bits per heavy atom. The Hall–Kier alpha value is -1.03. The summed E-state index contributed by atoms with van der Waals surface area (Å²) in [5.41, 5.74) is -0.102. The molecule has 1 aromatic heterocycles. The van der Waals surface area contributed by atoms with E-state index in [9.17, 15) is 0 Å². The van der Waals surface area contributed by atoms with Gasteiger partial charge in [0.05, 0.1) is 12.1 Å². The molecule has 0 saturated heterocycles. The number of imidazole rings is 1. The SMILES string of the molecule is COCC(C)(C)Nc1nccn1CC(C)C. The van der Waals surface area contributed by atoms with Crippen molar-refractivity contribution in [2.75, 3.05) is 19.0 Å². The van der Waals surface area contributed by atoms with Crippen molar-refractivity contribution in [1.82, 2.24) is 9.55 Å². The molecule has 0 aliphatic heterocycles. The first-order chi connectivity index (χ1) is 7.44. The highest BCUT2D eigenvalue weighted by Crippen LogP contribution is 2.15. The number of anilines is 1. The van der Waals surface area contributed by atoms with E-state index in [1.807, 2.05) is 12.4 Å². The van der Waals surface area contributed by atoms with Crippen LogP contribution in [0.4, 0.5) is 5.95 Å². The molecule has 0 amide bonds. The molecule has 16 heavy (non-hydrogen) atoms. The molecule has 0 unspecified atom stereocenters. The van der Waals surface area contributed by atoms with Crippen molar-refractivity contribution in [3.05, 3.63) is 12.4 Å². The second-order valence-electron chi connectivity index (χ2n) is 5.24. The topological polar surface area (TPSA) is 39.1 Å². The maximum Gasteiger partial charge on any atom is 0.203 e. The Kier molecular flexibility index (Phi) is 4.35. The zero-order valence-corrected chi connectivity index (χ0v) is 10.9. The molecule has 0 spiro atoms. The van der Waals surface area contributed by atoms with E-state index >= 15 is 0 Å². The molecule has 1 rings (SSSR count). The minimum atomic E-state index is -0.102. The number of methoxy groups -OCH3 is 1. The molecule has 92 valence electrons. The predicted octanol–water partition coefficient (Wildman–Crippen LogP) is 2.38. The lowest BCUT2D eigenvalue weighted by Gasteiger charge is -2.26. The highest BCUT2D eigenvalue weighted by Gasteiger charge is 2.19. The first-order valence-electron chi connectivity index (χ1n) is 5.73. The van der Waals surface area contributed by atoms with Gasteiger partial charge in [0, 0.05) is 26.0 Å². The summed E-state index contributed by atoms with van der Waals surface area (Å²) in [6.07, 6.45) is 3.83. The van der Waals surface area contributed by atoms with Gasteiger partial charge in [-0.1, -0.05) is 13.8 Å². The minimum Gasteiger partial charge on any atom is -0.382 e. The molecular weight excluding hydrogens is 202 g/mol. The number of ether oxygens (including phenoxy) is 1. The molecule has 0 bridgehead atoms. The van der Waals surface area contributed by atoms with E-state index < -0.39 is 0 Å². The quantitative estimate of drug-likeness (QED) is 0.808. The van der Waals surface area contributed by atoms with Gasteiger partial charge in [-0.2, -0.15) is 0 Å². The van der Waals surface area contributed by atoms with E-state index in [0.717, 1.165) is 12.5 Å². The maximum absolute atomic E-state index is 5.18. The number of aromatic nitrogens is 2. The van der Waals surface area contributed by atoms with Crippen LogP contribution in [0.15, 0.2) is 12.4 Å². The van der Waals surface area contributed by atoms with Crippen molar-refractivity contribution in [2.24, 2.45) is 5.92 Å². The Bertz CT molecular complexity index is 318. The lowest BCUT2D eigenvalue weighted by molar-refractivity contribution is 0.157. The summed E-state index contributed by atoms with van der Waals surface area (Å²) >= 11 is 0. The van der Waals surface area contributed by atoms with E-state index in [-0.39, 0.29) is 5.54 Å². The Balaban J connectivity index is 2.69. The average molecular weight is 225 g/mol. The van der Waals surface area contributed by atoms with E-state index in [0.29, 0.717) is 12.5 Å². The highest BCUT2D eigenvalue weighted by atomic mass is 16.5. The molecule has 0 aromatic carbocycles. The fraction of sp³-hybridized carbons (Fsp3) is 0.750. The van der Waals surface area contributed by atoms with Crippen LogP contribution in [-0.4, -0.2) is 28.8 Å². The van der Waals surface area contributed by atoms with Gasteiger partial charge in [-0.25, -0.2) is 4.98 Å². The van der Waals surface area contributed by atoms with Gasteiger partial charge in [-0.05, 0) is 19.8 Å². The lowest BCUT2D eigenvalue weighted by atomic mass is 10.1. The summed E-state index contributed by atoms with van der Waals surface area (Å²) in [4.78, 5) is 4.33. The molecule has 0 radical (unpaired) electrons. The van der Waals surface area contributed by atoms with Crippen LogP contribution in [0.1, 0.15) is 27.7 Å². The van der Waals surface area contributed by atoms with Gasteiger partial charge in [0.1, 0.15) is 0 Å². The van der Waals surface area contributed by atoms with E-state index in [4.69, 9.17) is 4.74 Å². The fourth-order valence-corrected chi connectivity index (χ4v) is 1.67. The first-order valence-corrected chi connectivity index (χ1v) is 5.73. The molecule has 1 aromatic rings. The summed E-state index contributed by atoms with van der Waals surface area (Å²) in [7, 11) is 1.71. The van der Waals surface area contributed by atoms with Crippen LogP contribution in [0.5, 0.6) is 0 Å². The second kappa shape index (κ2) is 5.34. The summed E-state index contributed by atoms with van der Waals surface area (Å²) in [5.74, 6) is 1.52. The van der Waals surface area contributed by atoms with Crippen LogP contribution in [-0.2, 0) is 11.3 Å². The molecule has 4 nitrogen and oxygen atoms in total. The number of rotatable bonds is 6. The molecule has 0 aliphatic carbocycles. The molecule has 1 heterocycles. The third kappa shape index (κ3) is 3.85. The van der Waals surface area contributed by atoms with Crippen molar-refractivity contribution >= 4 is 5.95 Å². The van der Waals surface area contributed by atoms with Gasteiger partial charge < -0.3 is 14.6 Å². The number of hydrogen-bond donors (Lipinski definition) is 1. The first kappa shape index (κ1) is 13.0. The van der Waals surface area contributed by atoms with Crippen molar-refractivity contribution in [1.29, 1.82) is 0 Å². The molecule has 0 atom stereocenters. The zero-order valence-electron chi connectivity index (χ0n) is 10.9. The zero-order chi connectivity index (χ0) is 12.2. The van der Waals surface area contributed by atoms with Gasteiger partial charge in [0.15, 0.2) is 0 Å². The van der Waals surface area contributed by atoms with Crippen LogP contribution in [0.2, 0.25) is 0 Å². The van der Waals surface area contributed by atoms with E-state index in [2.05, 4.69) is 42.6 Å². The predicted molar refractivity (Wildman–Crippen MR) is 66.6 cm³/mol. The summed E-state index contributed by atoms with van der Waals surface area (Å²) in [5, 5.41) is 3.40. The number of nitrogens with one attached hydrogen (secondary N) is 1. The number of hydrogen-bond acceptors (Lipinski definition) is 3. The summed E-state index contributed by atoms with van der Waals surface area (Å²) in [6.45, 7) is 10.2. The third-order valence-corrected chi connectivity index (χ3v) is 2.23. The lowest BCUT2D eigenvalue weighted by Crippen LogP contribution is -2.37.